The third-order valence-electron chi connectivity index (χ3n) is 2.79. The second kappa shape index (κ2) is 6.02. The van der Waals surface area contributed by atoms with Crippen molar-refractivity contribution in [1.29, 1.82) is 0 Å². The Bertz CT molecular complexity index is 181. The zero-order chi connectivity index (χ0) is 10.4. The Morgan fingerprint density at radius 1 is 1.43 bits per heavy atom. The molecule has 1 fully saturated rings. The van der Waals surface area contributed by atoms with Crippen LogP contribution >= 0.6 is 0 Å². The van der Waals surface area contributed by atoms with E-state index < -0.39 is 0 Å². The number of nitrogens with two attached hydrogens (primary N) is 1. The van der Waals surface area contributed by atoms with Gasteiger partial charge in [-0.15, -0.1) is 0 Å². The zero-order valence-corrected chi connectivity index (χ0v) is 9.42. The van der Waals surface area contributed by atoms with E-state index in [-0.39, 0.29) is 0 Å². The molecular formula is C11H23N3. The molecule has 0 aromatic carbocycles. The maximum Gasteiger partial charge on any atom is 0.111 e. The average molecular weight is 197 g/mol. The van der Waals surface area contributed by atoms with Crippen LogP contribution < -0.4 is 11.3 Å². The number of hydrazine groups is 1. The smallest absolute Gasteiger partial charge is 0.111 e. The largest absolute Gasteiger partial charge is 0.312 e. The van der Waals surface area contributed by atoms with Crippen molar-refractivity contribution in [3.63, 3.8) is 0 Å². The lowest BCUT2D eigenvalue weighted by Gasteiger charge is -2.10. The Morgan fingerprint density at radius 3 is 2.57 bits per heavy atom. The van der Waals surface area contributed by atoms with Crippen molar-refractivity contribution in [1.82, 2.24) is 5.43 Å². The van der Waals surface area contributed by atoms with E-state index in [4.69, 9.17) is 5.84 Å². The van der Waals surface area contributed by atoms with Crippen molar-refractivity contribution >= 4 is 5.84 Å². The molecule has 14 heavy (non-hydrogen) atoms. The summed E-state index contributed by atoms with van der Waals surface area (Å²) in [6.07, 6.45) is 7.30. The van der Waals surface area contributed by atoms with E-state index in [0.717, 1.165) is 24.6 Å². The van der Waals surface area contributed by atoms with Gasteiger partial charge in [0.05, 0.1) is 6.04 Å². The predicted octanol–water partition coefficient (Wildman–Crippen LogP) is 2.23. The molecule has 0 heterocycles. The molecule has 0 bridgehead atoms. The zero-order valence-electron chi connectivity index (χ0n) is 9.42. The van der Waals surface area contributed by atoms with Gasteiger partial charge in [-0.2, -0.15) is 0 Å². The van der Waals surface area contributed by atoms with Gasteiger partial charge in [0.15, 0.2) is 0 Å². The van der Waals surface area contributed by atoms with Gasteiger partial charge in [0.1, 0.15) is 5.84 Å². The molecule has 0 aromatic rings. The molecule has 0 aliphatic heterocycles. The molecule has 1 saturated carbocycles. The molecule has 1 aliphatic carbocycles. The fourth-order valence-electron chi connectivity index (χ4n) is 1.85. The van der Waals surface area contributed by atoms with E-state index in [9.17, 15) is 0 Å². The van der Waals surface area contributed by atoms with Crippen LogP contribution in [0.4, 0.5) is 0 Å². The van der Waals surface area contributed by atoms with Crippen LogP contribution in [0, 0.1) is 5.92 Å². The topological polar surface area (TPSA) is 50.4 Å². The highest BCUT2D eigenvalue weighted by Crippen LogP contribution is 2.21. The summed E-state index contributed by atoms with van der Waals surface area (Å²) in [4.78, 5) is 4.65. The van der Waals surface area contributed by atoms with Gasteiger partial charge in [-0.1, -0.05) is 26.7 Å². The van der Waals surface area contributed by atoms with Crippen LogP contribution in [0.1, 0.15) is 52.4 Å². The van der Waals surface area contributed by atoms with Gasteiger partial charge >= 0.3 is 0 Å². The van der Waals surface area contributed by atoms with Crippen LogP contribution in [0.15, 0.2) is 4.99 Å². The highest BCUT2D eigenvalue weighted by molar-refractivity contribution is 5.81. The molecule has 0 saturated heterocycles. The second-order valence-electron chi connectivity index (χ2n) is 4.59. The molecule has 0 radical (unpaired) electrons. The number of nitrogens with one attached hydrogen (secondary N) is 1. The van der Waals surface area contributed by atoms with E-state index in [0.29, 0.717) is 6.04 Å². The standard InChI is InChI=1S/C11H23N3/c1-9(2)7-8-11(14-12)13-10-5-3-4-6-10/h9-10H,3-8,12H2,1-2H3,(H,13,14). The van der Waals surface area contributed by atoms with Gasteiger partial charge in [0.2, 0.25) is 0 Å². The summed E-state index contributed by atoms with van der Waals surface area (Å²) in [6, 6.07) is 0.535. The van der Waals surface area contributed by atoms with Crippen LogP contribution in [0.3, 0.4) is 0 Å². The monoisotopic (exact) mass is 197 g/mol. The Morgan fingerprint density at radius 2 is 2.07 bits per heavy atom. The van der Waals surface area contributed by atoms with Crippen molar-refractivity contribution in [2.75, 3.05) is 0 Å². The third-order valence-corrected chi connectivity index (χ3v) is 2.79. The minimum Gasteiger partial charge on any atom is -0.312 e. The maximum atomic E-state index is 5.46. The van der Waals surface area contributed by atoms with E-state index in [2.05, 4.69) is 24.3 Å². The van der Waals surface area contributed by atoms with Crippen molar-refractivity contribution in [3.05, 3.63) is 0 Å². The fraction of sp³-hybridized carbons (Fsp3) is 0.909. The minimum atomic E-state index is 0.535. The minimum absolute atomic E-state index is 0.535. The van der Waals surface area contributed by atoms with E-state index >= 15 is 0 Å². The third kappa shape index (κ3) is 4.09. The first-order chi connectivity index (χ1) is 6.72. The lowest BCUT2D eigenvalue weighted by atomic mass is 10.1. The normalized spacial score (nSPS) is 19.3. The first-order valence-corrected chi connectivity index (χ1v) is 5.75. The first kappa shape index (κ1) is 11.5. The van der Waals surface area contributed by atoms with Crippen molar-refractivity contribution in [2.45, 2.75) is 58.4 Å². The lowest BCUT2D eigenvalue weighted by molar-refractivity contribution is 0.593. The van der Waals surface area contributed by atoms with E-state index in [1.54, 1.807) is 0 Å². The molecule has 0 atom stereocenters. The molecule has 0 unspecified atom stereocenters. The molecule has 3 N–H and O–H groups in total. The molecular weight excluding hydrogens is 174 g/mol. The van der Waals surface area contributed by atoms with Crippen LogP contribution in [0.2, 0.25) is 0 Å². The van der Waals surface area contributed by atoms with Gasteiger partial charge < -0.3 is 5.43 Å². The maximum absolute atomic E-state index is 5.46. The molecule has 3 heteroatoms. The van der Waals surface area contributed by atoms with Crippen LogP contribution in [-0.2, 0) is 0 Å². The van der Waals surface area contributed by atoms with Gasteiger partial charge in [-0.05, 0) is 25.2 Å². The Hall–Kier alpha value is -0.570. The summed E-state index contributed by atoms with van der Waals surface area (Å²) < 4.78 is 0. The number of hydrogen-bond acceptors (Lipinski definition) is 2. The quantitative estimate of drug-likeness (QED) is 0.314. The summed E-state index contributed by atoms with van der Waals surface area (Å²) in [5.41, 5.74) is 2.73. The van der Waals surface area contributed by atoms with Crippen LogP contribution in [-0.4, -0.2) is 11.9 Å². The summed E-state index contributed by atoms with van der Waals surface area (Å²) in [5, 5.41) is 0. The predicted molar refractivity (Wildman–Crippen MR) is 61.1 cm³/mol. The Labute approximate surface area is 87.1 Å². The van der Waals surface area contributed by atoms with E-state index in [1.807, 2.05) is 0 Å². The van der Waals surface area contributed by atoms with Crippen molar-refractivity contribution in [3.8, 4) is 0 Å². The van der Waals surface area contributed by atoms with Gasteiger partial charge in [-0.25, -0.2) is 5.84 Å². The first-order valence-electron chi connectivity index (χ1n) is 5.75. The summed E-state index contributed by atoms with van der Waals surface area (Å²) >= 11 is 0. The van der Waals surface area contributed by atoms with Crippen molar-refractivity contribution < 1.29 is 0 Å². The second-order valence-corrected chi connectivity index (χ2v) is 4.59. The molecule has 1 rings (SSSR count). The van der Waals surface area contributed by atoms with Gasteiger partial charge in [0, 0.05) is 6.42 Å². The molecule has 0 spiro atoms. The number of hydrogen-bond donors (Lipinski definition) is 2. The average Bonchev–Trinajstić information content (AvgIpc) is 2.64. The Kier molecular flexibility index (Phi) is 4.94. The highest BCUT2D eigenvalue weighted by Gasteiger charge is 2.14. The van der Waals surface area contributed by atoms with Gasteiger partial charge in [0.25, 0.3) is 0 Å². The number of rotatable bonds is 4. The van der Waals surface area contributed by atoms with Crippen molar-refractivity contribution in [2.24, 2.45) is 16.8 Å². The SMILES string of the molecule is CC(C)CCC(=NC1CCCC1)NN. The van der Waals surface area contributed by atoms with Gasteiger partial charge in [-0.3, -0.25) is 4.99 Å². The summed E-state index contributed by atoms with van der Waals surface area (Å²) in [5.74, 6) is 7.17. The lowest BCUT2D eigenvalue weighted by Crippen LogP contribution is -2.31. The van der Waals surface area contributed by atoms with Crippen LogP contribution in [0.25, 0.3) is 0 Å². The highest BCUT2D eigenvalue weighted by atomic mass is 15.3. The molecule has 0 aromatic heterocycles. The molecule has 3 nitrogen and oxygen atoms in total. The van der Waals surface area contributed by atoms with E-state index in [1.165, 1.54) is 25.7 Å². The molecule has 82 valence electrons. The number of nitrogens with zero attached hydrogens (tertiary/aromatic N) is 1. The number of amidine groups is 1. The molecule has 0 amide bonds. The summed E-state index contributed by atoms with van der Waals surface area (Å²) in [6.45, 7) is 4.45. The molecule has 1 aliphatic rings. The fourth-order valence-corrected chi connectivity index (χ4v) is 1.85. The summed E-state index contributed by atoms with van der Waals surface area (Å²) in [7, 11) is 0. The van der Waals surface area contributed by atoms with Crippen LogP contribution in [0.5, 0.6) is 0 Å². The Balaban J connectivity index is 2.35. The number of aliphatic imine (C=N–C) groups is 1.